The summed E-state index contributed by atoms with van der Waals surface area (Å²) in [6.07, 6.45) is 44.3. The second-order valence-corrected chi connectivity index (χ2v) is 30.3. The van der Waals surface area contributed by atoms with Crippen molar-refractivity contribution in [3.05, 3.63) is 0 Å². The molecule has 0 aliphatic carbocycles. The SMILES string of the molecule is CCC(C)CCCCCCCCCCCCC(=O)OC[C@H](COP(=O)(O)OCC(O)COP(=O)(O)OC[C@@H](COC(=O)CCCCCCCCCCC(C)C)OC(=O)CCCCCCCCCCCCCC(C)C)OC(=O)CCCCCCCCCCC(C)CC. The number of esters is 4. The topological polar surface area (TPSA) is 237 Å². The molecule has 3 N–H and O–H groups in total. The van der Waals surface area contributed by atoms with Crippen molar-refractivity contribution < 1.29 is 80.2 Å². The average molecular weight is 1340 g/mol. The van der Waals surface area contributed by atoms with Gasteiger partial charge in [0.05, 0.1) is 26.4 Å². The highest BCUT2D eigenvalue weighted by Crippen LogP contribution is 2.45. The first-order valence-corrected chi connectivity index (χ1v) is 40.3. The number of aliphatic hydroxyl groups excluding tert-OH is 1. The van der Waals surface area contributed by atoms with Gasteiger partial charge in [0.25, 0.3) is 0 Å². The van der Waals surface area contributed by atoms with Gasteiger partial charge < -0.3 is 33.8 Å². The van der Waals surface area contributed by atoms with Crippen molar-refractivity contribution in [2.45, 2.75) is 375 Å². The van der Waals surface area contributed by atoms with E-state index in [4.69, 9.17) is 37.0 Å². The van der Waals surface area contributed by atoms with Gasteiger partial charge >= 0.3 is 39.5 Å². The Kier molecular flexibility index (Phi) is 60.3. The van der Waals surface area contributed by atoms with E-state index in [1.165, 1.54) is 161 Å². The number of aliphatic hydroxyl groups is 1. The van der Waals surface area contributed by atoms with Crippen LogP contribution in [0.15, 0.2) is 0 Å². The Morgan fingerprint density at radius 2 is 0.527 bits per heavy atom. The first-order valence-electron chi connectivity index (χ1n) is 37.3. The van der Waals surface area contributed by atoms with Crippen LogP contribution in [0.1, 0.15) is 357 Å². The Labute approximate surface area is 556 Å². The molecule has 0 heterocycles. The molecule has 540 valence electrons. The zero-order valence-corrected chi connectivity index (χ0v) is 61.3. The molecule has 0 amide bonds. The number of carbonyl (C=O) groups excluding carboxylic acids is 4. The molecule has 0 aliphatic heterocycles. The van der Waals surface area contributed by atoms with Gasteiger partial charge in [-0.2, -0.15) is 0 Å². The second-order valence-electron chi connectivity index (χ2n) is 27.4. The van der Waals surface area contributed by atoms with Crippen molar-refractivity contribution >= 4 is 39.5 Å². The van der Waals surface area contributed by atoms with Crippen molar-refractivity contribution in [1.29, 1.82) is 0 Å². The number of hydrogen-bond acceptors (Lipinski definition) is 15. The maximum absolute atomic E-state index is 13.0. The van der Waals surface area contributed by atoms with E-state index in [2.05, 4.69) is 55.4 Å². The fourth-order valence-corrected chi connectivity index (χ4v) is 12.4. The van der Waals surface area contributed by atoms with Gasteiger partial charge in [0.2, 0.25) is 0 Å². The number of phosphoric acid groups is 2. The fourth-order valence-electron chi connectivity index (χ4n) is 10.8. The maximum atomic E-state index is 13.0. The van der Waals surface area contributed by atoms with Crippen molar-refractivity contribution in [3.8, 4) is 0 Å². The smallest absolute Gasteiger partial charge is 0.462 e. The van der Waals surface area contributed by atoms with Crippen molar-refractivity contribution in [1.82, 2.24) is 0 Å². The first-order chi connectivity index (χ1) is 43.7. The summed E-state index contributed by atoms with van der Waals surface area (Å²) in [5.41, 5.74) is 0. The highest BCUT2D eigenvalue weighted by Gasteiger charge is 2.30. The van der Waals surface area contributed by atoms with Crippen LogP contribution in [-0.4, -0.2) is 96.7 Å². The summed E-state index contributed by atoms with van der Waals surface area (Å²) in [6.45, 7) is 14.2. The standard InChI is InChI=1S/C72H140O17P2/c1-9-64(7)50-42-34-26-17-14-15-18-28-36-44-52-69(74)82-58-68(89-72(77)55-47-39-31-23-21-27-35-43-51-65(8)10-2)61-87-91(80,81)85-57-66(73)56-84-90(78,79)86-60-67(59-83-70(75)53-45-37-29-22-20-25-33-41-49-63(5)6)88-71(76)54-46-38-30-19-13-11-12-16-24-32-40-48-62(3)4/h62-68,73H,9-61H2,1-8H3,(H,78,79)(H,80,81)/t64?,65?,66?,67-,68-/m1/s1. The van der Waals surface area contributed by atoms with Crippen molar-refractivity contribution in [2.75, 3.05) is 39.6 Å². The predicted octanol–water partition coefficient (Wildman–Crippen LogP) is 20.5. The third kappa shape index (κ3) is 63.9. The molecule has 19 heteroatoms. The molecule has 0 spiro atoms. The van der Waals surface area contributed by atoms with Crippen molar-refractivity contribution in [2.24, 2.45) is 23.7 Å². The lowest BCUT2D eigenvalue weighted by atomic mass is 9.99. The first kappa shape index (κ1) is 89.1. The number of hydrogen-bond donors (Lipinski definition) is 3. The lowest BCUT2D eigenvalue weighted by Crippen LogP contribution is -2.30. The molecule has 0 aromatic rings. The van der Waals surface area contributed by atoms with Gasteiger partial charge in [-0.15, -0.1) is 0 Å². The minimum Gasteiger partial charge on any atom is -0.462 e. The van der Waals surface area contributed by atoms with Crippen LogP contribution in [0.5, 0.6) is 0 Å². The van der Waals surface area contributed by atoms with Crippen LogP contribution < -0.4 is 0 Å². The molecule has 0 radical (unpaired) electrons. The van der Waals surface area contributed by atoms with E-state index in [1.807, 2.05) is 0 Å². The van der Waals surface area contributed by atoms with Gasteiger partial charge in [0.15, 0.2) is 12.2 Å². The molecule has 0 aromatic heterocycles. The predicted molar refractivity (Wildman–Crippen MR) is 367 cm³/mol. The zero-order chi connectivity index (χ0) is 67.5. The molecule has 0 saturated heterocycles. The third-order valence-electron chi connectivity index (χ3n) is 17.3. The molecule has 0 saturated carbocycles. The van der Waals surface area contributed by atoms with Gasteiger partial charge in [-0.05, 0) is 49.4 Å². The lowest BCUT2D eigenvalue weighted by Gasteiger charge is -2.21. The average Bonchev–Trinajstić information content (AvgIpc) is 3.20. The number of ether oxygens (including phenoxy) is 4. The Morgan fingerprint density at radius 3 is 0.780 bits per heavy atom. The second kappa shape index (κ2) is 61.6. The number of carbonyl (C=O) groups is 4. The number of phosphoric ester groups is 2. The Bertz CT molecular complexity index is 1800. The van der Waals surface area contributed by atoms with E-state index in [0.29, 0.717) is 25.7 Å². The summed E-state index contributed by atoms with van der Waals surface area (Å²) in [5, 5.41) is 10.6. The summed E-state index contributed by atoms with van der Waals surface area (Å²) >= 11 is 0. The molecular weight excluding hydrogens is 1200 g/mol. The Hall–Kier alpha value is -1.94. The van der Waals surface area contributed by atoms with E-state index in [9.17, 15) is 43.2 Å². The highest BCUT2D eigenvalue weighted by atomic mass is 31.2. The fraction of sp³-hybridized carbons (Fsp3) is 0.944. The summed E-state index contributed by atoms with van der Waals surface area (Å²) in [6, 6.07) is 0. The molecule has 5 unspecified atom stereocenters. The molecule has 91 heavy (non-hydrogen) atoms. The third-order valence-corrected chi connectivity index (χ3v) is 19.2. The number of unbranched alkanes of at least 4 members (excludes halogenated alkanes) is 33. The molecule has 17 nitrogen and oxygen atoms in total. The minimum absolute atomic E-state index is 0.104. The van der Waals surface area contributed by atoms with Crippen LogP contribution in [0.2, 0.25) is 0 Å². The van der Waals surface area contributed by atoms with Crippen LogP contribution in [0.25, 0.3) is 0 Å². The quantitative estimate of drug-likeness (QED) is 0.0222. The minimum atomic E-state index is -4.95. The van der Waals surface area contributed by atoms with E-state index < -0.39 is 97.5 Å². The van der Waals surface area contributed by atoms with Gasteiger partial charge in [-0.1, -0.05) is 306 Å². The number of rotatable bonds is 69. The molecule has 7 atom stereocenters. The lowest BCUT2D eigenvalue weighted by molar-refractivity contribution is -0.161. The van der Waals surface area contributed by atoms with Crippen LogP contribution in [-0.2, 0) is 65.4 Å². The molecule has 0 rings (SSSR count). The summed E-state index contributed by atoms with van der Waals surface area (Å²) in [7, 11) is -9.91. The zero-order valence-electron chi connectivity index (χ0n) is 59.5. The van der Waals surface area contributed by atoms with E-state index >= 15 is 0 Å². The van der Waals surface area contributed by atoms with E-state index in [1.54, 1.807) is 0 Å². The summed E-state index contributed by atoms with van der Waals surface area (Å²) < 4.78 is 68.4. The molecule has 0 fully saturated rings. The van der Waals surface area contributed by atoms with E-state index in [0.717, 1.165) is 114 Å². The molecule has 0 aromatic carbocycles. The van der Waals surface area contributed by atoms with Crippen molar-refractivity contribution in [3.63, 3.8) is 0 Å². The normalized spacial score (nSPS) is 14.8. The highest BCUT2D eigenvalue weighted by molar-refractivity contribution is 7.47. The van der Waals surface area contributed by atoms with Crippen LogP contribution >= 0.6 is 15.6 Å². The van der Waals surface area contributed by atoms with Crippen LogP contribution in [0, 0.1) is 23.7 Å². The van der Waals surface area contributed by atoms with Gasteiger partial charge in [0, 0.05) is 25.7 Å². The monoisotopic (exact) mass is 1340 g/mol. The summed E-state index contributed by atoms with van der Waals surface area (Å²) in [5.74, 6) is 0.943. The van der Waals surface area contributed by atoms with Gasteiger partial charge in [-0.25, -0.2) is 9.13 Å². The Balaban J connectivity index is 5.27. The van der Waals surface area contributed by atoms with Gasteiger partial charge in [-0.3, -0.25) is 37.3 Å². The molecule has 0 aliphatic rings. The maximum Gasteiger partial charge on any atom is 0.472 e. The largest absolute Gasteiger partial charge is 0.472 e. The van der Waals surface area contributed by atoms with Crippen LogP contribution in [0.3, 0.4) is 0 Å². The van der Waals surface area contributed by atoms with Gasteiger partial charge in [0.1, 0.15) is 19.3 Å². The van der Waals surface area contributed by atoms with Crippen LogP contribution in [0.4, 0.5) is 0 Å². The Morgan fingerprint density at radius 1 is 0.308 bits per heavy atom. The van der Waals surface area contributed by atoms with E-state index in [-0.39, 0.29) is 25.7 Å². The molecular formula is C72H140O17P2. The summed E-state index contributed by atoms with van der Waals surface area (Å²) in [4.78, 5) is 72.7. The molecule has 0 bridgehead atoms.